The zero-order valence-electron chi connectivity index (χ0n) is 20.7. The highest BCUT2D eigenvalue weighted by atomic mass is 19.1. The first-order valence-electron chi connectivity index (χ1n) is 12.2. The van der Waals surface area contributed by atoms with Crippen LogP contribution in [0, 0.1) is 17.6 Å². The van der Waals surface area contributed by atoms with E-state index in [0.717, 1.165) is 29.7 Å². The van der Waals surface area contributed by atoms with Gasteiger partial charge in [0.2, 0.25) is 5.91 Å². The number of carbonyl (C=O) groups excluding carboxylic acids is 2. The van der Waals surface area contributed by atoms with Gasteiger partial charge in [-0.25, -0.2) is 18.3 Å². The van der Waals surface area contributed by atoms with Gasteiger partial charge in [0, 0.05) is 44.7 Å². The quantitative estimate of drug-likeness (QED) is 0.539. The number of anilines is 3. The SMILES string of the molecule is C[C@H]1CN(C(=O)C2CCN(c3c(F)cncc3NC(=O)c3c(N)nn4cc(F)cnc34)CC2)CCN1C. The fraction of sp³-hybridized carbons (Fsp3) is 0.458. The first-order valence-corrected chi connectivity index (χ1v) is 12.2. The summed E-state index contributed by atoms with van der Waals surface area (Å²) in [6, 6.07) is 0.311. The first-order chi connectivity index (χ1) is 17.7. The van der Waals surface area contributed by atoms with Gasteiger partial charge in [0.25, 0.3) is 5.91 Å². The fourth-order valence-corrected chi connectivity index (χ4v) is 5.03. The van der Waals surface area contributed by atoms with Crippen LogP contribution in [0.3, 0.4) is 0 Å². The second kappa shape index (κ2) is 9.88. The van der Waals surface area contributed by atoms with Crippen LogP contribution >= 0.6 is 0 Å². The molecule has 2 saturated heterocycles. The van der Waals surface area contributed by atoms with E-state index in [1.807, 2.05) is 9.80 Å². The van der Waals surface area contributed by atoms with Crippen molar-refractivity contribution in [1.29, 1.82) is 0 Å². The second-order valence-corrected chi connectivity index (χ2v) is 9.65. The number of piperidine rings is 1. The van der Waals surface area contributed by atoms with E-state index in [4.69, 9.17) is 5.73 Å². The standard InChI is InChI=1S/C24H29F2N9O2/c1-14-12-34(8-7-32(14)2)24(37)15-3-5-33(6-4-15)20-17(26)10-28-11-18(20)30-23(36)19-21(27)31-35-13-16(25)9-29-22(19)35/h9-11,13-15H,3-8,12H2,1-2H3,(H2,27,31)(H,30,36)/t14-/m0/s1. The summed E-state index contributed by atoms with van der Waals surface area (Å²) in [5.74, 6) is -2.02. The lowest BCUT2D eigenvalue weighted by atomic mass is 9.94. The van der Waals surface area contributed by atoms with Crippen molar-refractivity contribution in [2.75, 3.05) is 55.7 Å². The number of piperazine rings is 1. The zero-order valence-corrected chi connectivity index (χ0v) is 20.7. The zero-order chi connectivity index (χ0) is 26.3. The molecule has 0 aromatic carbocycles. The molecule has 2 aliphatic rings. The number of nitrogens with two attached hydrogens (primary N) is 1. The van der Waals surface area contributed by atoms with E-state index in [-0.39, 0.29) is 40.2 Å². The molecule has 5 heterocycles. The van der Waals surface area contributed by atoms with E-state index in [2.05, 4.69) is 39.3 Å². The van der Waals surface area contributed by atoms with E-state index >= 15 is 0 Å². The molecular weight excluding hydrogens is 484 g/mol. The van der Waals surface area contributed by atoms with E-state index in [1.165, 1.54) is 6.20 Å². The van der Waals surface area contributed by atoms with Gasteiger partial charge in [-0.15, -0.1) is 5.10 Å². The first kappa shape index (κ1) is 24.8. The summed E-state index contributed by atoms with van der Waals surface area (Å²) in [6.07, 6.45) is 5.60. The largest absolute Gasteiger partial charge is 0.381 e. The highest BCUT2D eigenvalue weighted by molar-refractivity contribution is 6.12. The molecule has 13 heteroatoms. The van der Waals surface area contributed by atoms with Crippen LogP contribution in [0.1, 0.15) is 30.1 Å². The minimum Gasteiger partial charge on any atom is -0.381 e. The van der Waals surface area contributed by atoms with Gasteiger partial charge < -0.3 is 25.8 Å². The number of pyridine rings is 1. The number of nitrogens with one attached hydrogen (secondary N) is 1. The van der Waals surface area contributed by atoms with Crippen molar-refractivity contribution >= 4 is 34.7 Å². The number of fused-ring (bicyclic) bond motifs is 1. The number of hydrogen-bond donors (Lipinski definition) is 2. The average Bonchev–Trinajstić information content (AvgIpc) is 3.20. The summed E-state index contributed by atoms with van der Waals surface area (Å²) in [5.41, 5.74) is 6.26. The molecule has 37 heavy (non-hydrogen) atoms. The van der Waals surface area contributed by atoms with Crippen LogP contribution in [0.15, 0.2) is 24.8 Å². The average molecular weight is 514 g/mol. The van der Waals surface area contributed by atoms with Crippen molar-refractivity contribution < 1.29 is 18.4 Å². The van der Waals surface area contributed by atoms with Crippen LogP contribution in [0.25, 0.3) is 5.65 Å². The monoisotopic (exact) mass is 513 g/mol. The number of halogens is 2. The third-order valence-electron chi connectivity index (χ3n) is 7.25. The molecule has 0 bridgehead atoms. The molecule has 11 nitrogen and oxygen atoms in total. The molecule has 0 unspecified atom stereocenters. The maximum absolute atomic E-state index is 15.0. The molecule has 0 spiro atoms. The van der Waals surface area contributed by atoms with Crippen molar-refractivity contribution in [3.8, 4) is 0 Å². The van der Waals surface area contributed by atoms with Gasteiger partial charge in [0.15, 0.2) is 23.1 Å². The van der Waals surface area contributed by atoms with Gasteiger partial charge in [0.05, 0.1) is 30.5 Å². The lowest BCUT2D eigenvalue weighted by molar-refractivity contribution is -0.138. The lowest BCUT2D eigenvalue weighted by Crippen LogP contribution is -2.54. The van der Waals surface area contributed by atoms with Gasteiger partial charge in [-0.1, -0.05) is 0 Å². The summed E-state index contributed by atoms with van der Waals surface area (Å²) < 4.78 is 29.6. The van der Waals surface area contributed by atoms with Crippen molar-refractivity contribution in [2.45, 2.75) is 25.8 Å². The summed E-state index contributed by atoms with van der Waals surface area (Å²) in [7, 11) is 2.06. The summed E-state index contributed by atoms with van der Waals surface area (Å²) in [4.78, 5) is 40.0. The van der Waals surface area contributed by atoms with Crippen LogP contribution in [0.2, 0.25) is 0 Å². The predicted octanol–water partition coefficient (Wildman–Crippen LogP) is 1.62. The van der Waals surface area contributed by atoms with Gasteiger partial charge >= 0.3 is 0 Å². The van der Waals surface area contributed by atoms with Gasteiger partial charge in [-0.2, -0.15) is 0 Å². The normalized spacial score (nSPS) is 19.4. The number of aromatic nitrogens is 4. The number of hydrogen-bond acceptors (Lipinski definition) is 8. The van der Waals surface area contributed by atoms with E-state index in [0.29, 0.717) is 45.1 Å². The molecule has 3 aromatic heterocycles. The minimum absolute atomic E-state index is 0.0547. The van der Waals surface area contributed by atoms with Crippen LogP contribution < -0.4 is 16.0 Å². The summed E-state index contributed by atoms with van der Waals surface area (Å²) >= 11 is 0. The number of amides is 2. The number of rotatable bonds is 4. The molecule has 196 valence electrons. The smallest absolute Gasteiger partial charge is 0.263 e. The third kappa shape index (κ3) is 4.78. The van der Waals surface area contributed by atoms with Crippen molar-refractivity contribution in [3.05, 3.63) is 42.0 Å². The maximum atomic E-state index is 15.0. The second-order valence-electron chi connectivity index (χ2n) is 9.65. The molecular formula is C24H29F2N9O2. The van der Waals surface area contributed by atoms with Crippen molar-refractivity contribution in [2.24, 2.45) is 5.92 Å². The highest BCUT2D eigenvalue weighted by Gasteiger charge is 2.33. The van der Waals surface area contributed by atoms with Gasteiger partial charge in [-0.3, -0.25) is 14.6 Å². The molecule has 0 aliphatic carbocycles. The lowest BCUT2D eigenvalue weighted by Gasteiger charge is -2.41. The van der Waals surface area contributed by atoms with Crippen LogP contribution in [0.5, 0.6) is 0 Å². The van der Waals surface area contributed by atoms with Crippen LogP contribution in [0.4, 0.5) is 26.0 Å². The van der Waals surface area contributed by atoms with E-state index < -0.39 is 17.5 Å². The third-order valence-corrected chi connectivity index (χ3v) is 7.25. The molecule has 2 fully saturated rings. The molecule has 3 N–H and O–H groups in total. The Morgan fingerprint density at radius 1 is 1.11 bits per heavy atom. The Bertz CT molecular complexity index is 1340. The minimum atomic E-state index is -0.672. The maximum Gasteiger partial charge on any atom is 0.263 e. The molecule has 0 saturated carbocycles. The number of nitrogens with zero attached hydrogens (tertiary/aromatic N) is 7. The van der Waals surface area contributed by atoms with Crippen LogP contribution in [-0.2, 0) is 4.79 Å². The summed E-state index contributed by atoms with van der Waals surface area (Å²) in [6.45, 7) is 5.27. The Kier molecular flexibility index (Phi) is 6.63. The Morgan fingerprint density at radius 3 is 2.59 bits per heavy atom. The van der Waals surface area contributed by atoms with Crippen LogP contribution in [-0.4, -0.2) is 87.0 Å². The molecule has 5 rings (SSSR count). The van der Waals surface area contributed by atoms with Crippen molar-refractivity contribution in [3.63, 3.8) is 0 Å². The Hall–Kier alpha value is -3.87. The Balaban J connectivity index is 1.31. The highest BCUT2D eigenvalue weighted by Crippen LogP contribution is 2.33. The van der Waals surface area contributed by atoms with Gasteiger partial charge in [-0.05, 0) is 26.8 Å². The number of carbonyl (C=O) groups is 2. The number of nitrogen functional groups attached to an aromatic ring is 1. The Labute approximate surface area is 212 Å². The van der Waals surface area contributed by atoms with E-state index in [9.17, 15) is 18.4 Å². The molecule has 2 amide bonds. The summed E-state index contributed by atoms with van der Waals surface area (Å²) in [5, 5.41) is 6.59. The predicted molar refractivity (Wildman–Crippen MR) is 133 cm³/mol. The van der Waals surface area contributed by atoms with E-state index in [1.54, 1.807) is 0 Å². The topological polar surface area (TPSA) is 125 Å². The van der Waals surface area contributed by atoms with Crippen molar-refractivity contribution in [1.82, 2.24) is 29.4 Å². The fourth-order valence-electron chi connectivity index (χ4n) is 5.03. The molecule has 3 aromatic rings. The van der Waals surface area contributed by atoms with Gasteiger partial charge in [0.1, 0.15) is 11.3 Å². The molecule has 1 atom stereocenters. The Morgan fingerprint density at radius 2 is 1.86 bits per heavy atom. The molecule has 0 radical (unpaired) electrons. The number of likely N-dealkylation sites (N-methyl/N-ethyl adjacent to an activating group) is 1. The molecule has 2 aliphatic heterocycles.